The fourth-order valence-corrected chi connectivity index (χ4v) is 1.36. The van der Waals surface area contributed by atoms with Gasteiger partial charge in [-0.2, -0.15) is 10.5 Å². The van der Waals surface area contributed by atoms with E-state index >= 15 is 0 Å². The molecule has 0 amide bonds. The maximum Gasteiger partial charge on any atom is 0.0894 e. The molecule has 4 heteroatoms. The summed E-state index contributed by atoms with van der Waals surface area (Å²) < 4.78 is 0. The fraction of sp³-hybridized carbons (Fsp3) is 0.600. The first kappa shape index (κ1) is 10.4. The molecular formula is C10H14N4. The van der Waals surface area contributed by atoms with E-state index in [0.29, 0.717) is 12.8 Å². The summed E-state index contributed by atoms with van der Waals surface area (Å²) in [6, 6.07) is 4.25. The maximum atomic E-state index is 8.42. The zero-order chi connectivity index (χ0) is 10.2. The monoisotopic (exact) mass is 190 g/mol. The van der Waals surface area contributed by atoms with Crippen LogP contribution >= 0.6 is 0 Å². The van der Waals surface area contributed by atoms with Gasteiger partial charge in [0.25, 0.3) is 0 Å². The summed E-state index contributed by atoms with van der Waals surface area (Å²) in [5, 5.41) is 16.8. The number of rotatable bonds is 5. The second kappa shape index (κ2) is 5.88. The summed E-state index contributed by atoms with van der Waals surface area (Å²) in [7, 11) is 0. The Morgan fingerprint density at radius 3 is 2.29 bits per heavy atom. The van der Waals surface area contributed by atoms with E-state index in [9.17, 15) is 0 Å². The van der Waals surface area contributed by atoms with Gasteiger partial charge in [0, 0.05) is 31.9 Å². The fourth-order valence-electron chi connectivity index (χ4n) is 1.36. The van der Waals surface area contributed by atoms with E-state index in [4.69, 9.17) is 10.5 Å². The summed E-state index contributed by atoms with van der Waals surface area (Å²) in [4.78, 5) is 4.27. The van der Waals surface area contributed by atoms with E-state index in [1.54, 1.807) is 0 Å². The van der Waals surface area contributed by atoms with Crippen molar-refractivity contribution < 1.29 is 0 Å². The van der Waals surface area contributed by atoms with Gasteiger partial charge in [-0.15, -0.1) is 0 Å². The Hall–Kier alpha value is -1.68. The van der Waals surface area contributed by atoms with Gasteiger partial charge in [-0.05, 0) is 6.42 Å². The van der Waals surface area contributed by atoms with Crippen LogP contribution in [-0.2, 0) is 0 Å². The largest absolute Gasteiger partial charge is 0.359 e. The highest BCUT2D eigenvalue weighted by atomic mass is 15.3. The van der Waals surface area contributed by atoms with E-state index in [-0.39, 0.29) is 0 Å². The second-order valence-electron chi connectivity index (χ2n) is 3.23. The molecule has 1 heterocycles. The predicted octanol–water partition coefficient (Wildman–Crippen LogP) is 1.25. The molecule has 0 aromatic carbocycles. The van der Waals surface area contributed by atoms with Crippen molar-refractivity contribution in [3.63, 3.8) is 0 Å². The van der Waals surface area contributed by atoms with Crippen molar-refractivity contribution in [3.05, 3.63) is 12.4 Å². The lowest BCUT2D eigenvalue weighted by Gasteiger charge is -2.19. The summed E-state index contributed by atoms with van der Waals surface area (Å²) in [6.45, 7) is 2.57. The Labute approximate surface area is 84.6 Å². The smallest absolute Gasteiger partial charge is 0.0894 e. The van der Waals surface area contributed by atoms with Crippen molar-refractivity contribution >= 4 is 0 Å². The Kier molecular flexibility index (Phi) is 4.37. The molecule has 0 N–H and O–H groups in total. The van der Waals surface area contributed by atoms with Crippen LogP contribution in [0.25, 0.3) is 0 Å². The van der Waals surface area contributed by atoms with Gasteiger partial charge in [-0.3, -0.25) is 0 Å². The van der Waals surface area contributed by atoms with Crippen LogP contribution in [0.1, 0.15) is 19.3 Å². The van der Waals surface area contributed by atoms with Gasteiger partial charge in [-0.1, -0.05) is 0 Å². The summed E-state index contributed by atoms with van der Waals surface area (Å²) in [6.07, 6.45) is 6.12. The molecule has 0 saturated carbocycles. The average Bonchev–Trinajstić information content (AvgIpc) is 2.63. The van der Waals surface area contributed by atoms with E-state index in [1.165, 1.54) is 0 Å². The third-order valence-corrected chi connectivity index (χ3v) is 2.10. The third kappa shape index (κ3) is 3.37. The van der Waals surface area contributed by atoms with E-state index in [1.807, 2.05) is 12.4 Å². The molecular weight excluding hydrogens is 176 g/mol. The van der Waals surface area contributed by atoms with Crippen LogP contribution in [0.3, 0.4) is 0 Å². The summed E-state index contributed by atoms with van der Waals surface area (Å²) in [5.41, 5.74) is 0. The molecule has 0 aromatic heterocycles. The molecule has 0 fully saturated rings. The van der Waals surface area contributed by atoms with Crippen LogP contribution in [0.2, 0.25) is 0 Å². The molecule has 0 aliphatic carbocycles. The lowest BCUT2D eigenvalue weighted by Crippen LogP contribution is -2.26. The second-order valence-corrected chi connectivity index (χ2v) is 3.23. The van der Waals surface area contributed by atoms with Crippen molar-refractivity contribution in [2.75, 3.05) is 19.8 Å². The van der Waals surface area contributed by atoms with Gasteiger partial charge < -0.3 is 9.80 Å². The number of unbranched alkanes of at least 4 members (excludes halogenated alkanes) is 1. The van der Waals surface area contributed by atoms with Gasteiger partial charge in [0.1, 0.15) is 0 Å². The molecule has 0 bridgehead atoms. The number of hydrogen-bond donors (Lipinski definition) is 0. The SMILES string of the molecule is N#CCCCN1C=CN(CCC#N)C1. The van der Waals surface area contributed by atoms with Gasteiger partial charge in [0.15, 0.2) is 0 Å². The van der Waals surface area contributed by atoms with Crippen molar-refractivity contribution in [1.29, 1.82) is 10.5 Å². The summed E-state index contributed by atoms with van der Waals surface area (Å²) >= 11 is 0. The van der Waals surface area contributed by atoms with Crippen LogP contribution < -0.4 is 0 Å². The first-order chi connectivity index (χ1) is 6.86. The molecule has 0 radical (unpaired) electrons. The average molecular weight is 190 g/mol. The van der Waals surface area contributed by atoms with Crippen LogP contribution in [-0.4, -0.2) is 29.6 Å². The zero-order valence-electron chi connectivity index (χ0n) is 8.19. The Morgan fingerprint density at radius 2 is 1.64 bits per heavy atom. The van der Waals surface area contributed by atoms with Crippen molar-refractivity contribution in [2.24, 2.45) is 0 Å². The molecule has 0 spiro atoms. The lowest BCUT2D eigenvalue weighted by atomic mass is 10.3. The van der Waals surface area contributed by atoms with Crippen molar-refractivity contribution in [2.45, 2.75) is 19.3 Å². The number of hydrogen-bond acceptors (Lipinski definition) is 4. The summed E-state index contributed by atoms with van der Waals surface area (Å²) in [5.74, 6) is 0. The standard InChI is InChI=1S/C10H14N4/c11-4-1-2-6-13-8-9-14(10-13)7-3-5-12/h8-9H,1-3,6-7,10H2. The topological polar surface area (TPSA) is 54.1 Å². The highest BCUT2D eigenvalue weighted by Crippen LogP contribution is 2.07. The molecule has 1 aliphatic heterocycles. The van der Waals surface area contributed by atoms with Crippen LogP contribution in [0.5, 0.6) is 0 Å². The molecule has 1 rings (SSSR count). The maximum absolute atomic E-state index is 8.42. The van der Waals surface area contributed by atoms with Crippen molar-refractivity contribution in [1.82, 2.24) is 9.80 Å². The quantitative estimate of drug-likeness (QED) is 0.612. The lowest BCUT2D eigenvalue weighted by molar-refractivity contribution is 0.267. The minimum Gasteiger partial charge on any atom is -0.359 e. The molecule has 74 valence electrons. The molecule has 4 nitrogen and oxygen atoms in total. The van der Waals surface area contributed by atoms with Crippen LogP contribution in [0, 0.1) is 22.7 Å². The molecule has 14 heavy (non-hydrogen) atoms. The molecule has 0 aromatic rings. The van der Waals surface area contributed by atoms with E-state index in [2.05, 4.69) is 21.9 Å². The minimum atomic E-state index is 0.566. The number of nitrogens with zero attached hydrogens (tertiary/aromatic N) is 4. The molecule has 0 atom stereocenters. The Morgan fingerprint density at radius 1 is 1.00 bits per heavy atom. The minimum absolute atomic E-state index is 0.566. The molecule has 0 unspecified atom stereocenters. The van der Waals surface area contributed by atoms with Crippen LogP contribution in [0.4, 0.5) is 0 Å². The highest BCUT2D eigenvalue weighted by molar-refractivity contribution is 4.91. The van der Waals surface area contributed by atoms with E-state index in [0.717, 1.165) is 26.2 Å². The van der Waals surface area contributed by atoms with Crippen molar-refractivity contribution in [3.8, 4) is 12.1 Å². The van der Waals surface area contributed by atoms with Crippen LogP contribution in [0.15, 0.2) is 12.4 Å². The van der Waals surface area contributed by atoms with Gasteiger partial charge in [0.05, 0.1) is 25.2 Å². The first-order valence-electron chi connectivity index (χ1n) is 4.77. The number of nitriles is 2. The van der Waals surface area contributed by atoms with Gasteiger partial charge >= 0.3 is 0 Å². The predicted molar refractivity (Wildman–Crippen MR) is 52.5 cm³/mol. The normalized spacial score (nSPS) is 14.1. The molecule has 0 saturated heterocycles. The Bertz CT molecular complexity index is 271. The van der Waals surface area contributed by atoms with E-state index < -0.39 is 0 Å². The first-order valence-corrected chi connectivity index (χ1v) is 4.77. The van der Waals surface area contributed by atoms with Gasteiger partial charge in [0.2, 0.25) is 0 Å². The van der Waals surface area contributed by atoms with Gasteiger partial charge in [-0.25, -0.2) is 0 Å². The molecule has 1 aliphatic rings. The zero-order valence-corrected chi connectivity index (χ0v) is 8.19. The Balaban J connectivity index is 2.13. The third-order valence-electron chi connectivity index (χ3n) is 2.10. The highest BCUT2D eigenvalue weighted by Gasteiger charge is 2.10.